The molecular weight excluding hydrogens is 316 g/mol. The second kappa shape index (κ2) is 6.35. The van der Waals surface area contributed by atoms with E-state index in [1.165, 1.54) is 11.1 Å². The van der Waals surface area contributed by atoms with Gasteiger partial charge in [0.1, 0.15) is 0 Å². The highest BCUT2D eigenvalue weighted by molar-refractivity contribution is 6.39. The smallest absolute Gasteiger partial charge is 0.313 e. The number of aromatic nitrogens is 2. The third kappa shape index (κ3) is 3.04. The van der Waals surface area contributed by atoms with Crippen molar-refractivity contribution in [1.29, 1.82) is 0 Å². The first kappa shape index (κ1) is 15.9. The van der Waals surface area contributed by atoms with Gasteiger partial charge in [-0.2, -0.15) is 5.10 Å². The Labute approximate surface area is 146 Å². The van der Waals surface area contributed by atoms with Crippen LogP contribution in [0.4, 0.5) is 5.69 Å². The highest BCUT2D eigenvalue weighted by Crippen LogP contribution is 2.29. The van der Waals surface area contributed by atoms with E-state index in [0.717, 1.165) is 49.8 Å². The lowest BCUT2D eigenvalue weighted by molar-refractivity contribution is -0.136. The predicted octanol–water partition coefficient (Wildman–Crippen LogP) is 2.04. The van der Waals surface area contributed by atoms with Crippen LogP contribution in [0.1, 0.15) is 47.7 Å². The van der Waals surface area contributed by atoms with Gasteiger partial charge in [-0.05, 0) is 61.8 Å². The maximum absolute atomic E-state index is 12.3. The highest BCUT2D eigenvalue weighted by Gasteiger charge is 2.27. The average Bonchev–Trinajstić information content (AvgIpc) is 3.22. The Morgan fingerprint density at radius 1 is 1.12 bits per heavy atom. The predicted molar refractivity (Wildman–Crippen MR) is 94.1 cm³/mol. The number of aryl methyl sites for hydroxylation is 3. The topological polar surface area (TPSA) is 76.0 Å². The van der Waals surface area contributed by atoms with Crippen molar-refractivity contribution in [2.45, 2.75) is 44.6 Å². The van der Waals surface area contributed by atoms with Gasteiger partial charge in [0, 0.05) is 24.0 Å². The Hall–Kier alpha value is -2.63. The van der Waals surface area contributed by atoms with Gasteiger partial charge < -0.3 is 10.6 Å². The molecule has 0 spiro atoms. The molecular formula is C19H22N4O2. The fourth-order valence-electron chi connectivity index (χ4n) is 3.92. The molecule has 2 aromatic rings. The molecule has 2 N–H and O–H groups in total. The fraction of sp³-hybridized carbons (Fsp3) is 0.421. The van der Waals surface area contributed by atoms with E-state index < -0.39 is 11.8 Å². The van der Waals surface area contributed by atoms with Crippen LogP contribution in [0.2, 0.25) is 0 Å². The second-order valence-corrected chi connectivity index (χ2v) is 6.88. The summed E-state index contributed by atoms with van der Waals surface area (Å²) in [7, 11) is 1.91. The zero-order valence-corrected chi connectivity index (χ0v) is 14.3. The summed E-state index contributed by atoms with van der Waals surface area (Å²) in [5.74, 6) is -1.21. The molecule has 0 bridgehead atoms. The lowest BCUT2D eigenvalue weighted by Crippen LogP contribution is -2.38. The van der Waals surface area contributed by atoms with E-state index in [1.807, 2.05) is 29.9 Å². The van der Waals surface area contributed by atoms with Crippen LogP contribution >= 0.6 is 0 Å². The first-order valence-electron chi connectivity index (χ1n) is 8.86. The molecule has 0 fully saturated rings. The van der Waals surface area contributed by atoms with Gasteiger partial charge in [-0.1, -0.05) is 6.07 Å². The van der Waals surface area contributed by atoms with Gasteiger partial charge in [-0.15, -0.1) is 0 Å². The van der Waals surface area contributed by atoms with Crippen LogP contribution in [-0.4, -0.2) is 21.6 Å². The monoisotopic (exact) mass is 338 g/mol. The first-order valence-corrected chi connectivity index (χ1v) is 8.86. The van der Waals surface area contributed by atoms with E-state index in [1.54, 1.807) is 6.20 Å². The van der Waals surface area contributed by atoms with E-state index >= 15 is 0 Å². The minimum atomic E-state index is -0.617. The van der Waals surface area contributed by atoms with E-state index in [2.05, 4.69) is 15.7 Å². The average molecular weight is 338 g/mol. The zero-order valence-electron chi connectivity index (χ0n) is 14.3. The van der Waals surface area contributed by atoms with Gasteiger partial charge in [0.15, 0.2) is 0 Å². The molecule has 2 aliphatic rings. The Kier molecular flexibility index (Phi) is 4.03. The Bertz CT molecular complexity index is 840. The summed E-state index contributed by atoms with van der Waals surface area (Å²) >= 11 is 0. The number of nitrogens with one attached hydrogen (secondary N) is 2. The van der Waals surface area contributed by atoms with Crippen molar-refractivity contribution in [1.82, 2.24) is 15.1 Å². The molecule has 1 aromatic carbocycles. The van der Waals surface area contributed by atoms with Gasteiger partial charge >= 0.3 is 11.8 Å². The minimum absolute atomic E-state index is 0.143. The summed E-state index contributed by atoms with van der Waals surface area (Å²) in [4.78, 5) is 24.6. The molecule has 1 atom stereocenters. The molecule has 0 saturated heterocycles. The van der Waals surface area contributed by atoms with Crippen molar-refractivity contribution in [2.24, 2.45) is 7.05 Å². The van der Waals surface area contributed by atoms with E-state index in [-0.39, 0.29) is 6.04 Å². The molecule has 25 heavy (non-hydrogen) atoms. The number of rotatable bonds is 2. The number of hydrogen-bond acceptors (Lipinski definition) is 3. The Morgan fingerprint density at radius 3 is 2.84 bits per heavy atom. The Balaban J connectivity index is 1.42. The van der Waals surface area contributed by atoms with Crippen molar-refractivity contribution in [3.63, 3.8) is 0 Å². The van der Waals surface area contributed by atoms with Crippen LogP contribution < -0.4 is 10.6 Å². The van der Waals surface area contributed by atoms with Crippen LogP contribution in [-0.2, 0) is 35.9 Å². The molecule has 4 rings (SSSR count). The number of carbonyl (C=O) groups excluding carboxylic acids is 2. The number of nitrogens with zero attached hydrogens (tertiary/aromatic N) is 2. The third-order valence-electron chi connectivity index (χ3n) is 5.24. The standard InChI is InChI=1S/C19H22N4O2/c1-23-17-7-3-6-16(15(17)11-20-23)22-19(25)18(24)21-14-9-8-12-4-2-5-13(12)10-14/h8-11,16H,2-7H2,1H3,(H,21,24)(H,22,25)/t16-/m0/s1. The summed E-state index contributed by atoms with van der Waals surface area (Å²) in [6.45, 7) is 0. The van der Waals surface area contributed by atoms with E-state index in [4.69, 9.17) is 0 Å². The molecule has 0 aliphatic heterocycles. The minimum Gasteiger partial charge on any atom is -0.341 e. The molecule has 1 heterocycles. The second-order valence-electron chi connectivity index (χ2n) is 6.88. The van der Waals surface area contributed by atoms with Gasteiger partial charge in [-0.3, -0.25) is 14.3 Å². The van der Waals surface area contributed by atoms with Gasteiger partial charge in [0.05, 0.1) is 12.2 Å². The number of carbonyl (C=O) groups is 2. The van der Waals surface area contributed by atoms with Crippen LogP contribution in [0.15, 0.2) is 24.4 Å². The molecule has 0 radical (unpaired) electrons. The van der Waals surface area contributed by atoms with Crippen LogP contribution in [0.3, 0.4) is 0 Å². The van der Waals surface area contributed by atoms with Crippen LogP contribution in [0.5, 0.6) is 0 Å². The van der Waals surface area contributed by atoms with Crippen molar-refractivity contribution in [2.75, 3.05) is 5.32 Å². The molecule has 0 saturated carbocycles. The number of benzene rings is 1. The summed E-state index contributed by atoms with van der Waals surface area (Å²) in [6.07, 6.45) is 7.84. The quantitative estimate of drug-likeness (QED) is 0.823. The largest absolute Gasteiger partial charge is 0.341 e. The summed E-state index contributed by atoms with van der Waals surface area (Å²) in [5.41, 5.74) is 5.45. The lowest BCUT2D eigenvalue weighted by Gasteiger charge is -2.23. The normalized spacial score (nSPS) is 18.4. The molecule has 130 valence electrons. The third-order valence-corrected chi connectivity index (χ3v) is 5.24. The molecule has 0 unspecified atom stereocenters. The van der Waals surface area contributed by atoms with Crippen LogP contribution in [0.25, 0.3) is 0 Å². The lowest BCUT2D eigenvalue weighted by atomic mass is 9.93. The number of hydrogen-bond donors (Lipinski definition) is 2. The molecule has 6 nitrogen and oxygen atoms in total. The highest BCUT2D eigenvalue weighted by atomic mass is 16.2. The van der Waals surface area contributed by atoms with Gasteiger partial charge in [0.2, 0.25) is 0 Å². The molecule has 2 aliphatic carbocycles. The van der Waals surface area contributed by atoms with Crippen LogP contribution in [0, 0.1) is 0 Å². The molecule has 2 amide bonds. The van der Waals surface area contributed by atoms with E-state index in [9.17, 15) is 9.59 Å². The summed E-state index contributed by atoms with van der Waals surface area (Å²) in [6, 6.07) is 5.75. The van der Waals surface area contributed by atoms with E-state index in [0.29, 0.717) is 5.69 Å². The van der Waals surface area contributed by atoms with Crippen molar-refractivity contribution >= 4 is 17.5 Å². The molecule has 1 aromatic heterocycles. The Morgan fingerprint density at radius 2 is 1.96 bits per heavy atom. The zero-order chi connectivity index (χ0) is 17.4. The first-order chi connectivity index (χ1) is 12.1. The molecule has 6 heteroatoms. The number of anilines is 1. The van der Waals surface area contributed by atoms with Gasteiger partial charge in [-0.25, -0.2) is 0 Å². The number of amides is 2. The van der Waals surface area contributed by atoms with Crippen molar-refractivity contribution in [3.8, 4) is 0 Å². The van der Waals surface area contributed by atoms with Crippen molar-refractivity contribution in [3.05, 3.63) is 46.8 Å². The van der Waals surface area contributed by atoms with Crippen molar-refractivity contribution < 1.29 is 9.59 Å². The SMILES string of the molecule is Cn1ncc2c1CCC[C@@H]2NC(=O)C(=O)Nc1ccc2c(c1)CCC2. The maximum atomic E-state index is 12.3. The van der Waals surface area contributed by atoms with Gasteiger partial charge in [0.25, 0.3) is 0 Å². The number of fused-ring (bicyclic) bond motifs is 2. The summed E-state index contributed by atoms with van der Waals surface area (Å²) in [5, 5.41) is 9.84. The summed E-state index contributed by atoms with van der Waals surface area (Å²) < 4.78 is 1.85. The maximum Gasteiger partial charge on any atom is 0.313 e. The fourth-order valence-corrected chi connectivity index (χ4v) is 3.92.